The quantitative estimate of drug-likeness (QED) is 0.327. The number of aryl methyl sites for hydroxylation is 1. The summed E-state index contributed by atoms with van der Waals surface area (Å²) >= 11 is 1.01. The third kappa shape index (κ3) is 3.63. The summed E-state index contributed by atoms with van der Waals surface area (Å²) in [5.74, 6) is 0.906. The van der Waals surface area contributed by atoms with Crippen LogP contribution >= 0.6 is 11.3 Å². The number of ether oxygens (including phenoxy) is 1. The van der Waals surface area contributed by atoms with Crippen LogP contribution in [-0.2, 0) is 7.05 Å². The average molecular weight is 481 g/mol. The van der Waals surface area contributed by atoms with Gasteiger partial charge in [0.05, 0.1) is 10.8 Å². The van der Waals surface area contributed by atoms with Crippen LogP contribution in [0.3, 0.4) is 0 Å². The molecular formula is C19H13FINO3S. The van der Waals surface area contributed by atoms with Gasteiger partial charge >= 0.3 is 10.8 Å². The van der Waals surface area contributed by atoms with Crippen LogP contribution in [0.5, 0.6) is 11.6 Å². The molecule has 7 heteroatoms. The summed E-state index contributed by atoms with van der Waals surface area (Å²) in [6.07, 6.45) is 1.88. The van der Waals surface area contributed by atoms with Crippen LogP contribution in [-0.4, -0.2) is 0 Å². The van der Waals surface area contributed by atoms with Crippen molar-refractivity contribution in [3.63, 3.8) is 0 Å². The summed E-state index contributed by atoms with van der Waals surface area (Å²) in [7, 11) is 1.88. The van der Waals surface area contributed by atoms with Crippen LogP contribution in [0.15, 0.2) is 70.0 Å². The number of nitrogens with zero attached hydrogens (tertiary/aromatic N) is 1. The topological polar surface area (TPSA) is 43.3 Å². The van der Waals surface area contributed by atoms with Gasteiger partial charge < -0.3 is 33.1 Å². The maximum atomic E-state index is 13.2. The molecule has 0 saturated carbocycles. The van der Waals surface area contributed by atoms with Crippen LogP contribution in [0.2, 0.25) is 0 Å². The van der Waals surface area contributed by atoms with Gasteiger partial charge in [-0.2, -0.15) is 4.57 Å². The normalized spacial score (nSPS) is 10.5. The Bertz CT molecular complexity index is 1120. The van der Waals surface area contributed by atoms with Crippen molar-refractivity contribution in [2.45, 2.75) is 0 Å². The Balaban J connectivity index is 0.00000196. The summed E-state index contributed by atoms with van der Waals surface area (Å²) < 4.78 is 27.0. The molecule has 0 unspecified atom stereocenters. The minimum absolute atomic E-state index is 0. The van der Waals surface area contributed by atoms with E-state index >= 15 is 0 Å². The summed E-state index contributed by atoms with van der Waals surface area (Å²) in [5.41, 5.74) is 1.91. The Morgan fingerprint density at radius 1 is 1.12 bits per heavy atom. The molecule has 2 aromatic carbocycles. The third-order valence-electron chi connectivity index (χ3n) is 3.79. The Labute approximate surface area is 169 Å². The molecule has 0 aliphatic heterocycles. The zero-order valence-corrected chi connectivity index (χ0v) is 16.6. The molecule has 4 rings (SSSR count). The van der Waals surface area contributed by atoms with Gasteiger partial charge in [0.2, 0.25) is 0 Å². The molecule has 132 valence electrons. The van der Waals surface area contributed by atoms with Crippen molar-refractivity contribution in [1.82, 2.24) is 0 Å². The van der Waals surface area contributed by atoms with E-state index in [4.69, 9.17) is 9.15 Å². The van der Waals surface area contributed by atoms with E-state index < -0.39 is 0 Å². The van der Waals surface area contributed by atoms with E-state index in [1.54, 1.807) is 24.3 Å². The molecule has 0 spiro atoms. The van der Waals surface area contributed by atoms with Crippen molar-refractivity contribution in [2.75, 3.05) is 0 Å². The van der Waals surface area contributed by atoms with E-state index in [2.05, 4.69) is 0 Å². The first-order valence-electron chi connectivity index (χ1n) is 7.56. The second-order valence-electron chi connectivity index (χ2n) is 5.51. The molecule has 26 heavy (non-hydrogen) atoms. The Morgan fingerprint density at radius 3 is 2.62 bits per heavy atom. The lowest BCUT2D eigenvalue weighted by Gasteiger charge is -2.07. The molecule has 0 bridgehead atoms. The number of hydrogen-bond donors (Lipinski definition) is 0. The van der Waals surface area contributed by atoms with E-state index in [1.807, 2.05) is 36.0 Å². The zero-order chi connectivity index (χ0) is 17.4. The number of hydrogen-bond acceptors (Lipinski definition) is 4. The highest BCUT2D eigenvalue weighted by molar-refractivity contribution is 7.16. The first kappa shape index (κ1) is 18.5. The lowest BCUT2D eigenvalue weighted by Crippen LogP contribution is -3.00. The van der Waals surface area contributed by atoms with Crippen LogP contribution in [0.25, 0.3) is 21.4 Å². The lowest BCUT2D eigenvalue weighted by atomic mass is 10.0. The Kier molecular flexibility index (Phi) is 5.38. The van der Waals surface area contributed by atoms with Gasteiger partial charge in [-0.1, -0.05) is 23.5 Å². The van der Waals surface area contributed by atoms with E-state index in [0.717, 1.165) is 16.9 Å². The van der Waals surface area contributed by atoms with Crippen LogP contribution < -0.4 is 38.2 Å². The smallest absolute Gasteiger partial charge is 0.396 e. The lowest BCUT2D eigenvalue weighted by molar-refractivity contribution is -0.675. The largest absolute Gasteiger partial charge is 1.00 e. The standard InChI is InChI=1S/C19H13FNO3S.HI/c1-21-9-3-2-4-17(21)23-14-10-15(12-5-7-13(20)8-6-12)18-16(11-14)25-19(22)24-18;/h2-11H,1H3;1H/q+1;/p-1. The van der Waals surface area contributed by atoms with Crippen LogP contribution in [0.4, 0.5) is 4.39 Å². The van der Waals surface area contributed by atoms with Crippen LogP contribution in [0.1, 0.15) is 0 Å². The van der Waals surface area contributed by atoms with Crippen molar-refractivity contribution >= 4 is 21.6 Å². The van der Waals surface area contributed by atoms with Crippen molar-refractivity contribution < 1.29 is 42.1 Å². The molecular weight excluding hydrogens is 468 g/mol. The highest BCUT2D eigenvalue weighted by atomic mass is 127. The molecule has 0 fully saturated rings. The molecule has 0 aliphatic rings. The highest BCUT2D eigenvalue weighted by Crippen LogP contribution is 2.35. The van der Waals surface area contributed by atoms with Gasteiger partial charge in [0, 0.05) is 17.7 Å². The zero-order valence-electron chi connectivity index (χ0n) is 13.6. The van der Waals surface area contributed by atoms with Crippen molar-refractivity contribution in [1.29, 1.82) is 0 Å². The molecule has 4 nitrogen and oxygen atoms in total. The first-order chi connectivity index (χ1) is 12.1. The Hall–Kier alpha value is -2.26. The van der Waals surface area contributed by atoms with Crippen molar-refractivity contribution in [3.05, 3.63) is 76.3 Å². The van der Waals surface area contributed by atoms with Gasteiger partial charge in [-0.05, 0) is 29.8 Å². The number of pyridine rings is 1. The number of aromatic nitrogens is 1. The number of rotatable bonds is 3. The van der Waals surface area contributed by atoms with Crippen molar-refractivity contribution in [2.24, 2.45) is 7.05 Å². The SMILES string of the molecule is C[n+]1ccccc1Oc1cc(-c2ccc(F)cc2)c2oc(=O)sc2c1.[I-]. The maximum absolute atomic E-state index is 13.2. The fourth-order valence-electron chi connectivity index (χ4n) is 2.59. The van der Waals surface area contributed by atoms with Gasteiger partial charge in [0.1, 0.15) is 18.6 Å². The fourth-order valence-corrected chi connectivity index (χ4v) is 3.31. The molecule has 0 saturated heterocycles. The van der Waals surface area contributed by atoms with Crippen molar-refractivity contribution in [3.8, 4) is 22.8 Å². The second kappa shape index (κ2) is 7.55. The van der Waals surface area contributed by atoms with E-state index in [1.165, 1.54) is 12.1 Å². The summed E-state index contributed by atoms with van der Waals surface area (Å²) in [5, 5.41) is 0. The van der Waals surface area contributed by atoms with Gasteiger partial charge in [-0.25, -0.2) is 9.18 Å². The number of benzene rings is 2. The predicted octanol–water partition coefficient (Wildman–Crippen LogP) is 1.28. The third-order valence-corrected chi connectivity index (χ3v) is 4.57. The maximum Gasteiger partial charge on any atom is 0.396 e. The first-order valence-corrected chi connectivity index (χ1v) is 8.38. The van der Waals surface area contributed by atoms with E-state index in [-0.39, 0.29) is 34.7 Å². The molecule has 2 aromatic heterocycles. The number of halogens is 2. The van der Waals surface area contributed by atoms with Gasteiger partial charge in [-0.15, -0.1) is 0 Å². The molecule has 0 amide bonds. The Morgan fingerprint density at radius 2 is 1.88 bits per heavy atom. The number of fused-ring (bicyclic) bond motifs is 1. The minimum atomic E-state index is -0.388. The van der Waals surface area contributed by atoms with Gasteiger partial charge in [0.15, 0.2) is 11.8 Å². The molecule has 0 radical (unpaired) electrons. The van der Waals surface area contributed by atoms with Crippen LogP contribution in [0, 0.1) is 5.82 Å². The van der Waals surface area contributed by atoms with Gasteiger partial charge in [0.25, 0.3) is 0 Å². The van der Waals surface area contributed by atoms with Gasteiger partial charge in [-0.3, -0.25) is 0 Å². The second-order valence-corrected chi connectivity index (χ2v) is 6.49. The summed E-state index contributed by atoms with van der Waals surface area (Å²) in [4.78, 5) is 11.3. The summed E-state index contributed by atoms with van der Waals surface area (Å²) in [6, 6.07) is 15.2. The minimum Gasteiger partial charge on any atom is -1.00 e. The molecule has 0 atom stereocenters. The average Bonchev–Trinajstić information content (AvgIpc) is 2.97. The summed E-state index contributed by atoms with van der Waals surface area (Å²) in [6.45, 7) is 0. The van der Waals surface area contributed by atoms with E-state index in [9.17, 15) is 9.18 Å². The fraction of sp³-hybridized carbons (Fsp3) is 0.0526. The molecule has 0 aliphatic carbocycles. The molecule has 0 N–H and O–H groups in total. The highest BCUT2D eigenvalue weighted by Gasteiger charge is 2.15. The predicted molar refractivity (Wildman–Crippen MR) is 93.4 cm³/mol. The monoisotopic (exact) mass is 481 g/mol. The van der Waals surface area contributed by atoms with E-state index in [0.29, 0.717) is 27.5 Å². The molecule has 4 aromatic rings. The molecule has 2 heterocycles.